The average Bonchev–Trinajstić information content (AvgIpc) is 3.23. The summed E-state index contributed by atoms with van der Waals surface area (Å²) in [6.07, 6.45) is 5.11. The lowest BCUT2D eigenvalue weighted by molar-refractivity contribution is -0.231. The van der Waals surface area contributed by atoms with Crippen LogP contribution in [0.25, 0.3) is 6.08 Å². The number of Topliss-reactive ketones (excluding diaryl/α,β-unsaturated/α-hetero) is 1. The first-order valence-corrected chi connectivity index (χ1v) is 13.8. The minimum Gasteiger partial charge on any atom is -0.457 e. The molecule has 2 aliphatic rings. The van der Waals surface area contributed by atoms with Gasteiger partial charge in [0.05, 0.1) is 34.2 Å². The highest BCUT2D eigenvalue weighted by Gasteiger charge is 2.54. The van der Waals surface area contributed by atoms with E-state index >= 15 is 0 Å². The van der Waals surface area contributed by atoms with Gasteiger partial charge in [-0.05, 0) is 64.5 Å². The lowest BCUT2D eigenvalue weighted by Crippen LogP contribution is -2.56. The molecule has 2 fully saturated rings. The highest BCUT2D eigenvalue weighted by Crippen LogP contribution is 2.44. The standard InChI is InChI=1S/C28H41NO6S/c1-7-10-23(17(2)13-21-16-36-19(4)29-21)34-27(32)22-15-20(14-18(3)30)25(31)28(5,6)26(22)35-24-11-8-9-12-33-24/h7,13,16,18,20,22-24,26,30H,1,8-12,14-15H2,2-6H3/b17-13+/t18-,20+,22+,23?,24?,26+/m0/s1. The van der Waals surface area contributed by atoms with Crippen molar-refractivity contribution in [2.24, 2.45) is 17.3 Å². The van der Waals surface area contributed by atoms with Crippen molar-refractivity contribution in [3.8, 4) is 0 Å². The van der Waals surface area contributed by atoms with Crippen molar-refractivity contribution in [1.82, 2.24) is 4.98 Å². The molecule has 1 saturated carbocycles. The maximum Gasteiger partial charge on any atom is 0.312 e. The van der Waals surface area contributed by atoms with Crippen LogP contribution in [0.4, 0.5) is 0 Å². The second-order valence-corrected chi connectivity index (χ2v) is 11.8. The van der Waals surface area contributed by atoms with Gasteiger partial charge in [-0.2, -0.15) is 0 Å². The molecule has 6 atom stereocenters. The second kappa shape index (κ2) is 12.6. The quantitative estimate of drug-likeness (QED) is 0.333. The number of thiazole rings is 1. The highest BCUT2D eigenvalue weighted by molar-refractivity contribution is 7.09. The predicted octanol–water partition coefficient (Wildman–Crippen LogP) is 5.26. The zero-order valence-electron chi connectivity index (χ0n) is 22.2. The molecular weight excluding hydrogens is 478 g/mol. The van der Waals surface area contributed by atoms with Crippen molar-refractivity contribution in [2.75, 3.05) is 6.61 Å². The first-order chi connectivity index (χ1) is 17.0. The Hall–Kier alpha value is -1.87. The van der Waals surface area contributed by atoms with Gasteiger partial charge in [0.15, 0.2) is 6.29 Å². The van der Waals surface area contributed by atoms with Gasteiger partial charge < -0.3 is 19.3 Å². The van der Waals surface area contributed by atoms with Crippen LogP contribution in [0.1, 0.15) is 76.9 Å². The van der Waals surface area contributed by atoms with Crippen LogP contribution in [-0.4, -0.2) is 53.1 Å². The zero-order valence-corrected chi connectivity index (χ0v) is 23.0. The molecule has 0 spiro atoms. The van der Waals surface area contributed by atoms with Gasteiger partial charge in [0, 0.05) is 24.3 Å². The molecule has 0 radical (unpaired) electrons. The minimum absolute atomic E-state index is 0.00544. The molecule has 2 heterocycles. The molecule has 0 aromatic carbocycles. The van der Waals surface area contributed by atoms with Crippen molar-refractivity contribution in [2.45, 2.75) is 97.7 Å². The monoisotopic (exact) mass is 519 g/mol. The fraction of sp³-hybridized carbons (Fsp3) is 0.679. The number of aliphatic hydroxyl groups excluding tert-OH is 1. The largest absolute Gasteiger partial charge is 0.457 e. The van der Waals surface area contributed by atoms with Gasteiger partial charge in [0.25, 0.3) is 0 Å². The Kier molecular flexibility index (Phi) is 10.0. The summed E-state index contributed by atoms with van der Waals surface area (Å²) in [5.74, 6) is -1.50. The molecule has 1 N–H and O–H groups in total. The zero-order chi connectivity index (χ0) is 26.5. The van der Waals surface area contributed by atoms with Crippen molar-refractivity contribution >= 4 is 29.2 Å². The van der Waals surface area contributed by atoms with E-state index in [4.69, 9.17) is 14.2 Å². The first-order valence-electron chi connectivity index (χ1n) is 12.9. The summed E-state index contributed by atoms with van der Waals surface area (Å²) in [4.78, 5) is 31.6. The molecule has 200 valence electrons. The molecule has 2 unspecified atom stereocenters. The molecule has 1 saturated heterocycles. The number of nitrogens with zero attached hydrogens (tertiary/aromatic N) is 1. The van der Waals surface area contributed by atoms with Gasteiger partial charge in [0.1, 0.15) is 11.9 Å². The first kappa shape index (κ1) is 28.7. The topological polar surface area (TPSA) is 95.0 Å². The summed E-state index contributed by atoms with van der Waals surface area (Å²) in [7, 11) is 0. The van der Waals surface area contributed by atoms with Gasteiger partial charge >= 0.3 is 5.97 Å². The van der Waals surface area contributed by atoms with E-state index in [9.17, 15) is 14.7 Å². The molecule has 1 aliphatic carbocycles. The summed E-state index contributed by atoms with van der Waals surface area (Å²) in [6.45, 7) is 13.6. The summed E-state index contributed by atoms with van der Waals surface area (Å²) >= 11 is 1.57. The third-order valence-electron chi connectivity index (χ3n) is 7.15. The maximum absolute atomic E-state index is 13.7. The number of aliphatic hydroxyl groups is 1. The van der Waals surface area contributed by atoms with E-state index in [1.807, 2.05) is 39.2 Å². The Morgan fingerprint density at radius 3 is 2.75 bits per heavy atom. The molecule has 36 heavy (non-hydrogen) atoms. The number of ether oxygens (including phenoxy) is 3. The number of hydrogen-bond donors (Lipinski definition) is 1. The highest BCUT2D eigenvalue weighted by atomic mass is 32.1. The van der Waals surface area contributed by atoms with Gasteiger partial charge in [-0.3, -0.25) is 9.59 Å². The van der Waals surface area contributed by atoms with E-state index in [-0.39, 0.29) is 12.2 Å². The van der Waals surface area contributed by atoms with E-state index in [2.05, 4.69) is 11.6 Å². The number of carbonyl (C=O) groups is 2. The van der Waals surface area contributed by atoms with Crippen LogP contribution < -0.4 is 0 Å². The minimum atomic E-state index is -0.931. The van der Waals surface area contributed by atoms with Gasteiger partial charge in [-0.15, -0.1) is 17.9 Å². The molecule has 0 bridgehead atoms. The molecule has 0 amide bonds. The van der Waals surface area contributed by atoms with E-state index in [0.717, 1.165) is 35.5 Å². The lowest BCUT2D eigenvalue weighted by atomic mass is 9.63. The van der Waals surface area contributed by atoms with Crippen LogP contribution >= 0.6 is 11.3 Å². The van der Waals surface area contributed by atoms with Crippen LogP contribution in [0.3, 0.4) is 0 Å². The molecule has 3 rings (SSSR count). The molecule has 1 aromatic heterocycles. The molecule has 1 aromatic rings. The van der Waals surface area contributed by atoms with Crippen LogP contribution in [0, 0.1) is 24.2 Å². The number of rotatable bonds is 10. The maximum atomic E-state index is 13.7. The Morgan fingerprint density at radius 2 is 2.17 bits per heavy atom. The van der Waals surface area contributed by atoms with E-state index in [0.29, 0.717) is 19.4 Å². The Balaban J connectivity index is 1.86. The van der Waals surface area contributed by atoms with Crippen molar-refractivity contribution in [1.29, 1.82) is 0 Å². The van der Waals surface area contributed by atoms with E-state index in [1.54, 1.807) is 24.3 Å². The molecule has 1 aliphatic heterocycles. The number of aromatic nitrogens is 1. The van der Waals surface area contributed by atoms with E-state index < -0.39 is 47.8 Å². The fourth-order valence-corrected chi connectivity index (χ4v) is 5.84. The Labute approximate surface area is 218 Å². The van der Waals surface area contributed by atoms with E-state index in [1.165, 1.54) is 0 Å². The van der Waals surface area contributed by atoms with Crippen molar-refractivity contribution in [3.05, 3.63) is 34.3 Å². The van der Waals surface area contributed by atoms with Crippen LogP contribution in [-0.2, 0) is 23.8 Å². The van der Waals surface area contributed by atoms with Gasteiger partial charge in [-0.1, -0.05) is 19.9 Å². The summed E-state index contributed by atoms with van der Waals surface area (Å²) in [5, 5.41) is 13.0. The average molecular weight is 520 g/mol. The smallest absolute Gasteiger partial charge is 0.312 e. The third-order valence-corrected chi connectivity index (χ3v) is 7.94. The Morgan fingerprint density at radius 1 is 1.42 bits per heavy atom. The van der Waals surface area contributed by atoms with Crippen LogP contribution in [0.5, 0.6) is 0 Å². The SMILES string of the molecule is C=CCC(OC(=O)[C@@H]1C[C@@H](C[C@H](C)O)C(=O)C(C)(C)[C@@H]1OC1CCCCO1)/C(C)=C/c1csc(C)n1. The Bertz CT molecular complexity index is 946. The number of esters is 1. The summed E-state index contributed by atoms with van der Waals surface area (Å²) < 4.78 is 18.2. The number of aryl methyl sites for hydroxylation is 1. The lowest BCUT2D eigenvalue weighted by Gasteiger charge is -2.46. The van der Waals surface area contributed by atoms with Crippen LogP contribution in [0.15, 0.2) is 23.6 Å². The predicted molar refractivity (Wildman–Crippen MR) is 140 cm³/mol. The van der Waals surface area contributed by atoms with Gasteiger partial charge in [-0.25, -0.2) is 4.98 Å². The summed E-state index contributed by atoms with van der Waals surface area (Å²) in [5.41, 5.74) is 0.768. The van der Waals surface area contributed by atoms with Crippen LogP contribution in [0.2, 0.25) is 0 Å². The normalized spacial score (nSPS) is 28.4. The summed E-state index contributed by atoms with van der Waals surface area (Å²) in [6, 6.07) is 0. The molecule has 7 nitrogen and oxygen atoms in total. The van der Waals surface area contributed by atoms with Crippen molar-refractivity contribution in [3.63, 3.8) is 0 Å². The fourth-order valence-electron chi connectivity index (χ4n) is 5.27. The van der Waals surface area contributed by atoms with Gasteiger partial charge in [0.2, 0.25) is 0 Å². The second-order valence-electron chi connectivity index (χ2n) is 10.7. The molecular formula is C28H41NO6S. The number of carbonyl (C=O) groups excluding carboxylic acids is 2. The molecule has 8 heteroatoms. The number of hydrogen-bond acceptors (Lipinski definition) is 8. The van der Waals surface area contributed by atoms with Crippen molar-refractivity contribution < 1.29 is 28.9 Å². The third kappa shape index (κ3) is 7.12. The number of ketones is 1.